The van der Waals surface area contributed by atoms with Gasteiger partial charge in [-0.25, -0.2) is 0 Å². The number of carbonyl (C=O) groups is 1. The Balaban J connectivity index is 1.58. The molecule has 3 nitrogen and oxygen atoms in total. The van der Waals surface area contributed by atoms with E-state index in [0.29, 0.717) is 0 Å². The summed E-state index contributed by atoms with van der Waals surface area (Å²) in [6, 6.07) is 14.5. The van der Waals surface area contributed by atoms with Gasteiger partial charge in [-0.15, -0.1) is 0 Å². The first-order chi connectivity index (χ1) is 11.6. The molecule has 0 saturated heterocycles. The van der Waals surface area contributed by atoms with Gasteiger partial charge in [0.25, 0.3) is 0 Å². The van der Waals surface area contributed by atoms with E-state index in [-0.39, 0.29) is 11.8 Å². The van der Waals surface area contributed by atoms with Gasteiger partial charge in [0.1, 0.15) is 0 Å². The van der Waals surface area contributed by atoms with Crippen LogP contribution in [0.3, 0.4) is 0 Å². The van der Waals surface area contributed by atoms with Crippen LogP contribution in [-0.4, -0.2) is 10.9 Å². The number of carbonyl (C=O) groups excluding carboxylic acids is 1. The number of rotatable bonds is 2. The Morgan fingerprint density at radius 2 is 1.96 bits per heavy atom. The maximum atomic E-state index is 12.7. The number of nitrogens with one attached hydrogen (secondary N) is 2. The fraction of sp³-hybridized carbons (Fsp3) is 0.286. The number of benzene rings is 2. The molecular formula is C21H22N2O. The lowest BCUT2D eigenvalue weighted by atomic mass is 9.85. The maximum Gasteiger partial charge on any atom is 0.227 e. The highest BCUT2D eigenvalue weighted by molar-refractivity contribution is 5.94. The zero-order valence-corrected chi connectivity index (χ0v) is 14.1. The molecule has 0 spiro atoms. The monoisotopic (exact) mass is 318 g/mol. The van der Waals surface area contributed by atoms with E-state index >= 15 is 0 Å². The summed E-state index contributed by atoms with van der Waals surface area (Å²) in [6.45, 7) is 4.15. The van der Waals surface area contributed by atoms with Gasteiger partial charge in [-0.3, -0.25) is 4.79 Å². The minimum atomic E-state index is 0.0394. The topological polar surface area (TPSA) is 44.9 Å². The quantitative estimate of drug-likeness (QED) is 0.716. The maximum absolute atomic E-state index is 12.7. The van der Waals surface area contributed by atoms with Gasteiger partial charge in [0.2, 0.25) is 5.91 Å². The molecule has 1 aliphatic rings. The van der Waals surface area contributed by atoms with Crippen molar-refractivity contribution in [2.24, 2.45) is 5.92 Å². The first kappa shape index (κ1) is 15.0. The summed E-state index contributed by atoms with van der Waals surface area (Å²) in [7, 11) is 0. The lowest BCUT2D eigenvalue weighted by Gasteiger charge is -2.22. The molecule has 2 aromatic carbocycles. The van der Waals surface area contributed by atoms with Crippen molar-refractivity contribution in [3.63, 3.8) is 0 Å². The Bertz CT molecular complexity index is 923. The summed E-state index contributed by atoms with van der Waals surface area (Å²) >= 11 is 0. The van der Waals surface area contributed by atoms with Crippen molar-refractivity contribution in [2.45, 2.75) is 33.1 Å². The van der Waals surface area contributed by atoms with Crippen LogP contribution in [-0.2, 0) is 17.6 Å². The number of H-pyrrole nitrogens is 1. The van der Waals surface area contributed by atoms with Crippen LogP contribution in [0.25, 0.3) is 10.9 Å². The van der Waals surface area contributed by atoms with Crippen LogP contribution in [0, 0.1) is 19.8 Å². The molecule has 1 unspecified atom stereocenters. The zero-order chi connectivity index (χ0) is 16.7. The Hall–Kier alpha value is -2.55. The van der Waals surface area contributed by atoms with Gasteiger partial charge in [-0.05, 0) is 68.5 Å². The van der Waals surface area contributed by atoms with E-state index in [4.69, 9.17) is 0 Å². The fourth-order valence-corrected chi connectivity index (χ4v) is 3.72. The molecule has 24 heavy (non-hydrogen) atoms. The molecule has 4 rings (SSSR count). The van der Waals surface area contributed by atoms with Crippen molar-refractivity contribution in [3.05, 3.63) is 64.8 Å². The highest BCUT2D eigenvalue weighted by Crippen LogP contribution is 2.32. The zero-order valence-electron chi connectivity index (χ0n) is 14.1. The second kappa shape index (κ2) is 5.82. The first-order valence-corrected chi connectivity index (χ1v) is 8.58. The molecule has 2 N–H and O–H groups in total. The smallest absolute Gasteiger partial charge is 0.227 e. The van der Waals surface area contributed by atoms with Gasteiger partial charge in [-0.2, -0.15) is 0 Å². The lowest BCUT2D eigenvalue weighted by Crippen LogP contribution is -2.28. The molecule has 1 heterocycles. The standard InChI is InChI=1S/C21H22N2O/c1-13-4-3-5-16(10-13)22-21(24)15-7-9-20-18(12-15)17-11-14(2)6-8-19(17)23-20/h3-6,8,10-11,15,23H,7,9,12H2,1-2H3,(H,22,24). The van der Waals surface area contributed by atoms with Gasteiger partial charge in [0, 0.05) is 28.2 Å². The van der Waals surface area contributed by atoms with E-state index in [9.17, 15) is 4.79 Å². The molecule has 1 atom stereocenters. The van der Waals surface area contributed by atoms with Crippen molar-refractivity contribution in [1.29, 1.82) is 0 Å². The first-order valence-electron chi connectivity index (χ1n) is 8.58. The van der Waals surface area contributed by atoms with Crippen LogP contribution >= 0.6 is 0 Å². The summed E-state index contributed by atoms with van der Waals surface area (Å²) < 4.78 is 0. The van der Waals surface area contributed by atoms with Crippen LogP contribution < -0.4 is 5.32 Å². The van der Waals surface area contributed by atoms with Gasteiger partial charge < -0.3 is 10.3 Å². The Labute approximate surface area is 142 Å². The predicted molar refractivity (Wildman–Crippen MR) is 98.4 cm³/mol. The molecule has 3 aromatic rings. The van der Waals surface area contributed by atoms with Crippen molar-refractivity contribution < 1.29 is 4.79 Å². The molecule has 0 fully saturated rings. The largest absolute Gasteiger partial charge is 0.358 e. The van der Waals surface area contributed by atoms with E-state index in [1.165, 1.54) is 27.7 Å². The highest BCUT2D eigenvalue weighted by Gasteiger charge is 2.27. The third-order valence-electron chi connectivity index (χ3n) is 5.00. The number of aromatic amines is 1. The van der Waals surface area contributed by atoms with Gasteiger partial charge in [0.05, 0.1) is 0 Å². The van der Waals surface area contributed by atoms with Crippen molar-refractivity contribution >= 4 is 22.5 Å². The third kappa shape index (κ3) is 2.71. The Morgan fingerprint density at radius 3 is 2.79 bits per heavy atom. The summed E-state index contributed by atoms with van der Waals surface area (Å²) in [5, 5.41) is 4.36. The predicted octanol–water partition coefficient (Wildman–Crippen LogP) is 4.53. The second-order valence-electron chi connectivity index (χ2n) is 6.93. The number of anilines is 1. The van der Waals surface area contributed by atoms with Crippen LogP contribution in [0.4, 0.5) is 5.69 Å². The molecule has 0 saturated carbocycles. The average molecular weight is 318 g/mol. The number of amides is 1. The van der Waals surface area contributed by atoms with E-state index in [1.807, 2.05) is 31.2 Å². The molecule has 3 heteroatoms. The van der Waals surface area contributed by atoms with Crippen molar-refractivity contribution in [3.8, 4) is 0 Å². The highest BCUT2D eigenvalue weighted by atomic mass is 16.1. The van der Waals surface area contributed by atoms with Gasteiger partial charge in [-0.1, -0.05) is 23.8 Å². The van der Waals surface area contributed by atoms with Gasteiger partial charge in [0.15, 0.2) is 0 Å². The second-order valence-corrected chi connectivity index (χ2v) is 6.93. The van der Waals surface area contributed by atoms with E-state index in [2.05, 4.69) is 35.4 Å². The number of fused-ring (bicyclic) bond motifs is 3. The summed E-state index contributed by atoms with van der Waals surface area (Å²) in [6.07, 6.45) is 2.65. The van der Waals surface area contributed by atoms with Crippen LogP contribution in [0.1, 0.15) is 28.8 Å². The molecule has 1 aliphatic carbocycles. The number of aryl methyl sites for hydroxylation is 3. The molecule has 1 amide bonds. The van der Waals surface area contributed by atoms with Gasteiger partial charge >= 0.3 is 0 Å². The molecular weight excluding hydrogens is 296 g/mol. The Kier molecular flexibility index (Phi) is 3.64. The number of aromatic nitrogens is 1. The molecule has 1 aromatic heterocycles. The van der Waals surface area contributed by atoms with Crippen LogP contribution in [0.5, 0.6) is 0 Å². The summed E-state index contributed by atoms with van der Waals surface area (Å²) in [5.74, 6) is 0.172. The van der Waals surface area contributed by atoms with Crippen LogP contribution in [0.15, 0.2) is 42.5 Å². The van der Waals surface area contributed by atoms with E-state index in [0.717, 1.165) is 30.5 Å². The molecule has 0 aliphatic heterocycles. The summed E-state index contributed by atoms with van der Waals surface area (Å²) in [4.78, 5) is 16.2. The molecule has 122 valence electrons. The van der Waals surface area contributed by atoms with Crippen molar-refractivity contribution in [2.75, 3.05) is 5.32 Å². The normalized spacial score (nSPS) is 16.8. The fourth-order valence-electron chi connectivity index (χ4n) is 3.72. The van der Waals surface area contributed by atoms with Crippen molar-refractivity contribution in [1.82, 2.24) is 4.98 Å². The van der Waals surface area contributed by atoms with E-state index < -0.39 is 0 Å². The number of hydrogen-bond donors (Lipinski definition) is 2. The minimum absolute atomic E-state index is 0.0394. The Morgan fingerprint density at radius 1 is 1.12 bits per heavy atom. The van der Waals surface area contributed by atoms with E-state index in [1.54, 1.807) is 0 Å². The molecule has 0 bridgehead atoms. The minimum Gasteiger partial charge on any atom is -0.358 e. The summed E-state index contributed by atoms with van der Waals surface area (Å²) in [5.41, 5.74) is 7.12. The SMILES string of the molecule is Cc1cccc(NC(=O)C2CCc3[nH]c4ccc(C)cc4c3C2)c1. The third-order valence-corrected chi connectivity index (χ3v) is 5.00. The average Bonchev–Trinajstić information content (AvgIpc) is 2.92. The lowest BCUT2D eigenvalue weighted by molar-refractivity contribution is -0.120. The molecule has 0 radical (unpaired) electrons. The number of hydrogen-bond acceptors (Lipinski definition) is 1. The van der Waals surface area contributed by atoms with Crippen LogP contribution in [0.2, 0.25) is 0 Å².